The van der Waals surface area contributed by atoms with E-state index in [1.165, 1.54) is 11.8 Å². The van der Waals surface area contributed by atoms with Gasteiger partial charge < -0.3 is 4.90 Å². The number of hydrogen-bond acceptors (Lipinski definition) is 4. The molecule has 1 saturated carbocycles. The molecule has 4 rings (SSSR count). The number of carbonyl (C=O) groups excluding carboxylic acids is 1. The quantitative estimate of drug-likeness (QED) is 0.757. The zero-order valence-electron chi connectivity index (χ0n) is 12.5. The molecule has 2 saturated heterocycles. The molecule has 9 heteroatoms. The maximum absolute atomic E-state index is 12.1. The molecular formula is C15H14Cl2N2O3S2. The number of fused-ring (bicyclic) bond motifs is 1. The molecule has 5 nitrogen and oxygen atoms in total. The van der Waals surface area contributed by atoms with Gasteiger partial charge in [0, 0.05) is 16.2 Å². The standard InChI is InChI=1S/C15H14Cl2N2O3S2/c16-9-3-4-11(10(17)5-9)19-12-6-24(21,22)7-13(12)23-15(19)18-14(20)8-1-2-8/h3-5,8,12-13H,1-2,6-7H2/t12-,13-/m1/s1. The molecule has 128 valence electrons. The van der Waals surface area contributed by atoms with Crippen molar-refractivity contribution < 1.29 is 13.2 Å². The second kappa shape index (κ2) is 5.90. The van der Waals surface area contributed by atoms with Crippen LogP contribution in [0, 0.1) is 5.92 Å². The smallest absolute Gasteiger partial charge is 0.251 e. The maximum Gasteiger partial charge on any atom is 0.251 e. The van der Waals surface area contributed by atoms with Gasteiger partial charge in [-0.25, -0.2) is 8.42 Å². The number of nitrogens with zero attached hydrogens (tertiary/aromatic N) is 2. The Morgan fingerprint density at radius 1 is 1.25 bits per heavy atom. The molecular weight excluding hydrogens is 391 g/mol. The molecule has 2 heterocycles. The number of benzene rings is 1. The lowest BCUT2D eigenvalue weighted by molar-refractivity contribution is -0.118. The van der Waals surface area contributed by atoms with E-state index in [1.807, 2.05) is 0 Å². The summed E-state index contributed by atoms with van der Waals surface area (Å²) < 4.78 is 24.0. The van der Waals surface area contributed by atoms with Crippen LogP contribution in [0.1, 0.15) is 12.8 Å². The van der Waals surface area contributed by atoms with Crippen molar-refractivity contribution in [3.8, 4) is 0 Å². The van der Waals surface area contributed by atoms with Crippen LogP contribution in [-0.4, -0.2) is 42.3 Å². The van der Waals surface area contributed by atoms with Gasteiger partial charge in [-0.15, -0.1) is 0 Å². The van der Waals surface area contributed by atoms with E-state index in [0.717, 1.165) is 12.8 Å². The molecule has 2 atom stereocenters. The number of sulfone groups is 1. The van der Waals surface area contributed by atoms with Crippen molar-refractivity contribution in [3.05, 3.63) is 28.2 Å². The summed E-state index contributed by atoms with van der Waals surface area (Å²) in [5, 5.41) is 1.33. The molecule has 1 amide bonds. The van der Waals surface area contributed by atoms with E-state index in [0.29, 0.717) is 20.9 Å². The molecule has 3 fully saturated rings. The highest BCUT2D eigenvalue weighted by atomic mass is 35.5. The van der Waals surface area contributed by atoms with Crippen LogP contribution in [0.3, 0.4) is 0 Å². The maximum atomic E-state index is 12.1. The Morgan fingerprint density at radius 3 is 2.67 bits per heavy atom. The Labute approximate surface area is 154 Å². The number of halogens is 2. The van der Waals surface area contributed by atoms with Gasteiger partial charge in [-0.1, -0.05) is 35.0 Å². The number of rotatable bonds is 2. The molecule has 3 aliphatic rings. The molecule has 0 aromatic heterocycles. The van der Waals surface area contributed by atoms with E-state index >= 15 is 0 Å². The molecule has 1 aromatic rings. The van der Waals surface area contributed by atoms with Gasteiger partial charge in [0.15, 0.2) is 15.0 Å². The first-order chi connectivity index (χ1) is 11.3. The second-order valence-corrected chi connectivity index (χ2v) is 10.5. The number of hydrogen-bond donors (Lipinski definition) is 0. The second-order valence-electron chi connectivity index (χ2n) is 6.27. The van der Waals surface area contributed by atoms with E-state index in [2.05, 4.69) is 4.99 Å². The third-order valence-corrected chi connectivity index (χ3v) is 8.12. The zero-order chi connectivity index (χ0) is 17.1. The number of amidine groups is 1. The van der Waals surface area contributed by atoms with Crippen LogP contribution >= 0.6 is 35.0 Å². The summed E-state index contributed by atoms with van der Waals surface area (Å²) in [6.45, 7) is 0. The summed E-state index contributed by atoms with van der Waals surface area (Å²) in [6, 6.07) is 4.80. The Bertz CT molecular complexity index is 852. The van der Waals surface area contributed by atoms with Crippen LogP contribution in [0.5, 0.6) is 0 Å². The highest BCUT2D eigenvalue weighted by molar-refractivity contribution is 8.16. The Kier molecular flexibility index (Phi) is 4.10. The van der Waals surface area contributed by atoms with Crippen LogP contribution < -0.4 is 4.90 Å². The fourth-order valence-corrected chi connectivity index (χ4v) is 7.45. The Morgan fingerprint density at radius 2 is 2.00 bits per heavy atom. The molecule has 0 radical (unpaired) electrons. The molecule has 0 N–H and O–H groups in total. The fourth-order valence-electron chi connectivity index (χ4n) is 3.04. The lowest BCUT2D eigenvalue weighted by atomic mass is 10.2. The lowest BCUT2D eigenvalue weighted by Gasteiger charge is -2.25. The van der Waals surface area contributed by atoms with Crippen LogP contribution in [0.2, 0.25) is 10.0 Å². The molecule has 0 bridgehead atoms. The zero-order valence-corrected chi connectivity index (χ0v) is 15.6. The summed E-state index contributed by atoms with van der Waals surface area (Å²) in [4.78, 5) is 18.2. The lowest BCUT2D eigenvalue weighted by Crippen LogP contribution is -2.38. The third kappa shape index (κ3) is 3.07. The fraction of sp³-hybridized carbons (Fsp3) is 0.467. The minimum absolute atomic E-state index is 0.0183. The summed E-state index contributed by atoms with van der Waals surface area (Å²) in [5.41, 5.74) is 0.639. The molecule has 1 aliphatic carbocycles. The minimum atomic E-state index is -3.09. The molecule has 1 aromatic carbocycles. The van der Waals surface area contributed by atoms with Gasteiger partial charge in [0.2, 0.25) is 0 Å². The van der Waals surface area contributed by atoms with E-state index in [9.17, 15) is 13.2 Å². The van der Waals surface area contributed by atoms with Gasteiger partial charge >= 0.3 is 0 Å². The predicted molar refractivity (Wildman–Crippen MR) is 97.9 cm³/mol. The highest BCUT2D eigenvalue weighted by Crippen LogP contribution is 2.44. The van der Waals surface area contributed by atoms with Gasteiger partial charge in [-0.2, -0.15) is 4.99 Å². The SMILES string of the molecule is O=C(N=C1S[C@@H]2CS(=O)(=O)C[C@H]2N1c1ccc(Cl)cc1Cl)C1CC1. The van der Waals surface area contributed by atoms with Crippen LogP contribution in [0.15, 0.2) is 23.2 Å². The average Bonchev–Trinajstić information content (AvgIpc) is 3.22. The van der Waals surface area contributed by atoms with Crippen molar-refractivity contribution in [1.82, 2.24) is 0 Å². The van der Waals surface area contributed by atoms with Crippen LogP contribution in [-0.2, 0) is 14.6 Å². The van der Waals surface area contributed by atoms with E-state index in [-0.39, 0.29) is 34.6 Å². The largest absolute Gasteiger partial charge is 0.314 e. The van der Waals surface area contributed by atoms with Crippen molar-refractivity contribution in [3.63, 3.8) is 0 Å². The minimum Gasteiger partial charge on any atom is -0.314 e. The van der Waals surface area contributed by atoms with Crippen LogP contribution in [0.25, 0.3) is 0 Å². The van der Waals surface area contributed by atoms with Crippen molar-refractivity contribution in [1.29, 1.82) is 0 Å². The van der Waals surface area contributed by atoms with Gasteiger partial charge in [0.1, 0.15) is 0 Å². The number of carbonyl (C=O) groups is 1. The predicted octanol–water partition coefficient (Wildman–Crippen LogP) is 3.00. The molecule has 0 spiro atoms. The van der Waals surface area contributed by atoms with Crippen LogP contribution in [0.4, 0.5) is 5.69 Å². The van der Waals surface area contributed by atoms with E-state index in [1.54, 1.807) is 23.1 Å². The number of aliphatic imine (C=N–C) groups is 1. The van der Waals surface area contributed by atoms with E-state index < -0.39 is 9.84 Å². The summed E-state index contributed by atoms with van der Waals surface area (Å²) in [7, 11) is -3.09. The summed E-state index contributed by atoms with van der Waals surface area (Å²) in [5.74, 6) is 0.0289. The topological polar surface area (TPSA) is 66.8 Å². The van der Waals surface area contributed by atoms with Gasteiger partial charge in [-0.05, 0) is 31.0 Å². The van der Waals surface area contributed by atoms with Crippen molar-refractivity contribution in [2.75, 3.05) is 16.4 Å². The Balaban J connectivity index is 1.76. The summed E-state index contributed by atoms with van der Waals surface area (Å²) in [6.07, 6.45) is 1.76. The number of anilines is 1. The number of amides is 1. The summed E-state index contributed by atoms with van der Waals surface area (Å²) >= 11 is 13.6. The first-order valence-electron chi connectivity index (χ1n) is 7.58. The van der Waals surface area contributed by atoms with Crippen molar-refractivity contribution in [2.24, 2.45) is 10.9 Å². The monoisotopic (exact) mass is 404 g/mol. The molecule has 2 aliphatic heterocycles. The van der Waals surface area contributed by atoms with E-state index in [4.69, 9.17) is 23.2 Å². The normalized spacial score (nSPS) is 29.9. The first-order valence-corrected chi connectivity index (χ1v) is 11.0. The molecule has 0 unspecified atom stereocenters. The number of thioether (sulfide) groups is 1. The van der Waals surface area contributed by atoms with Gasteiger partial charge in [0.05, 0.1) is 28.3 Å². The average molecular weight is 405 g/mol. The third-order valence-electron chi connectivity index (χ3n) is 4.37. The van der Waals surface area contributed by atoms with Crippen molar-refractivity contribution >= 4 is 61.6 Å². The van der Waals surface area contributed by atoms with Gasteiger partial charge in [-0.3, -0.25) is 4.79 Å². The Hall–Kier alpha value is -0.760. The molecule has 24 heavy (non-hydrogen) atoms. The van der Waals surface area contributed by atoms with Crippen molar-refractivity contribution in [2.45, 2.75) is 24.1 Å². The highest BCUT2D eigenvalue weighted by Gasteiger charge is 2.50. The van der Waals surface area contributed by atoms with Gasteiger partial charge in [0.25, 0.3) is 5.91 Å². The first kappa shape index (κ1) is 16.7.